The Morgan fingerprint density at radius 3 is 2.24 bits per heavy atom. The lowest BCUT2D eigenvalue weighted by molar-refractivity contribution is 0.326. The van der Waals surface area contributed by atoms with Crippen LogP contribution < -0.4 is 11.3 Å². The van der Waals surface area contributed by atoms with Gasteiger partial charge in [0.2, 0.25) is 0 Å². The van der Waals surface area contributed by atoms with Crippen LogP contribution in [0.4, 0.5) is 4.39 Å². The molecule has 0 aromatic heterocycles. The van der Waals surface area contributed by atoms with Gasteiger partial charge in [-0.2, -0.15) is 0 Å². The van der Waals surface area contributed by atoms with Crippen LogP contribution in [0.25, 0.3) is 0 Å². The van der Waals surface area contributed by atoms with Gasteiger partial charge in [0.15, 0.2) is 0 Å². The highest BCUT2D eigenvalue weighted by Gasteiger charge is 2.30. The van der Waals surface area contributed by atoms with Gasteiger partial charge in [-0.25, -0.2) is 4.39 Å². The van der Waals surface area contributed by atoms with Crippen LogP contribution in [0.5, 0.6) is 0 Å². The van der Waals surface area contributed by atoms with E-state index >= 15 is 0 Å². The van der Waals surface area contributed by atoms with Gasteiger partial charge in [0.25, 0.3) is 0 Å². The third-order valence-corrected chi connectivity index (χ3v) is 4.23. The summed E-state index contributed by atoms with van der Waals surface area (Å²) in [5.74, 6) is 5.55. The first kappa shape index (κ1) is 15.7. The van der Waals surface area contributed by atoms with Gasteiger partial charge in [0.05, 0.1) is 0 Å². The second-order valence-corrected chi connectivity index (χ2v) is 5.97. The summed E-state index contributed by atoms with van der Waals surface area (Å²) in [6.07, 6.45) is 1.88. The van der Waals surface area contributed by atoms with Gasteiger partial charge >= 0.3 is 0 Å². The highest BCUT2D eigenvalue weighted by molar-refractivity contribution is 5.26. The minimum atomic E-state index is -0.212. The molecule has 3 heteroatoms. The summed E-state index contributed by atoms with van der Waals surface area (Å²) in [7, 11) is 0. The summed E-state index contributed by atoms with van der Waals surface area (Å²) in [6.45, 7) is 4.27. The number of aryl methyl sites for hydroxylation is 1. The van der Waals surface area contributed by atoms with Crippen LogP contribution in [-0.2, 0) is 11.8 Å². The fraction of sp³-hybridized carbons (Fsp3) is 0.333. The maximum atomic E-state index is 13.1. The van der Waals surface area contributed by atoms with Crippen LogP contribution in [0.2, 0.25) is 0 Å². The first-order valence-corrected chi connectivity index (χ1v) is 7.30. The van der Waals surface area contributed by atoms with Crippen LogP contribution in [-0.4, -0.2) is 6.04 Å². The monoisotopic (exact) mass is 286 g/mol. The molecule has 112 valence electrons. The standard InChI is InChI=1S/C18H23FN2/c1-18(2,15-9-11-16(19)12-10-15)17(21-20)13-8-14-6-4-3-5-7-14/h3-7,9-12,17,21H,8,13,20H2,1-2H3. The van der Waals surface area contributed by atoms with E-state index in [2.05, 4.69) is 31.4 Å². The first-order valence-electron chi connectivity index (χ1n) is 7.30. The van der Waals surface area contributed by atoms with Crippen molar-refractivity contribution in [2.24, 2.45) is 5.84 Å². The van der Waals surface area contributed by atoms with Crippen LogP contribution in [0, 0.1) is 5.82 Å². The number of nitrogens with one attached hydrogen (secondary N) is 1. The van der Waals surface area contributed by atoms with E-state index < -0.39 is 0 Å². The van der Waals surface area contributed by atoms with Gasteiger partial charge in [-0.3, -0.25) is 11.3 Å². The number of nitrogens with two attached hydrogens (primary N) is 1. The molecule has 3 N–H and O–H groups in total. The molecule has 2 aromatic rings. The average Bonchev–Trinajstić information content (AvgIpc) is 2.49. The number of hydrogen-bond acceptors (Lipinski definition) is 2. The lowest BCUT2D eigenvalue weighted by Gasteiger charge is -2.34. The van der Waals surface area contributed by atoms with Crippen molar-refractivity contribution in [1.29, 1.82) is 0 Å². The van der Waals surface area contributed by atoms with Gasteiger partial charge in [-0.15, -0.1) is 0 Å². The molecule has 0 bridgehead atoms. The Morgan fingerprint density at radius 2 is 1.67 bits per heavy atom. The fourth-order valence-electron chi connectivity index (χ4n) is 2.69. The van der Waals surface area contributed by atoms with E-state index in [1.165, 1.54) is 17.7 Å². The Balaban J connectivity index is 2.10. The Bertz CT molecular complexity index is 549. The molecular weight excluding hydrogens is 263 g/mol. The Morgan fingerprint density at radius 1 is 1.05 bits per heavy atom. The Kier molecular flexibility index (Phi) is 5.10. The number of hydrogen-bond donors (Lipinski definition) is 2. The van der Waals surface area contributed by atoms with E-state index in [9.17, 15) is 4.39 Å². The maximum absolute atomic E-state index is 13.1. The number of benzene rings is 2. The molecule has 0 spiro atoms. The second kappa shape index (κ2) is 6.83. The minimum Gasteiger partial charge on any atom is -0.271 e. The van der Waals surface area contributed by atoms with Crippen LogP contribution >= 0.6 is 0 Å². The van der Waals surface area contributed by atoms with E-state index in [-0.39, 0.29) is 17.3 Å². The molecule has 0 radical (unpaired) electrons. The minimum absolute atomic E-state index is 0.114. The first-order chi connectivity index (χ1) is 10.0. The van der Waals surface area contributed by atoms with Gasteiger partial charge in [-0.05, 0) is 36.1 Å². The topological polar surface area (TPSA) is 38.0 Å². The van der Waals surface area contributed by atoms with Gasteiger partial charge < -0.3 is 0 Å². The van der Waals surface area contributed by atoms with E-state index in [1.54, 1.807) is 0 Å². The molecule has 0 amide bonds. The Hall–Kier alpha value is -1.71. The van der Waals surface area contributed by atoms with E-state index in [1.807, 2.05) is 30.3 Å². The van der Waals surface area contributed by atoms with Crippen molar-refractivity contribution >= 4 is 0 Å². The molecule has 2 aromatic carbocycles. The van der Waals surface area contributed by atoms with Crippen molar-refractivity contribution in [3.8, 4) is 0 Å². The molecule has 1 unspecified atom stereocenters. The number of halogens is 1. The van der Waals surface area contributed by atoms with Crippen LogP contribution in [0.15, 0.2) is 54.6 Å². The second-order valence-electron chi connectivity index (χ2n) is 5.97. The molecule has 0 saturated carbocycles. The summed E-state index contributed by atoms with van der Waals surface area (Å²) in [6, 6.07) is 17.1. The van der Waals surface area contributed by atoms with E-state index in [0.717, 1.165) is 18.4 Å². The summed E-state index contributed by atoms with van der Waals surface area (Å²) < 4.78 is 13.1. The summed E-state index contributed by atoms with van der Waals surface area (Å²) >= 11 is 0. The zero-order valence-electron chi connectivity index (χ0n) is 12.6. The van der Waals surface area contributed by atoms with Gasteiger partial charge in [0, 0.05) is 11.5 Å². The number of rotatable bonds is 6. The van der Waals surface area contributed by atoms with Crippen molar-refractivity contribution in [2.45, 2.75) is 38.1 Å². The molecule has 0 aliphatic carbocycles. The van der Waals surface area contributed by atoms with E-state index in [4.69, 9.17) is 5.84 Å². The molecule has 2 nitrogen and oxygen atoms in total. The van der Waals surface area contributed by atoms with Gasteiger partial charge in [-0.1, -0.05) is 56.3 Å². The number of hydrazine groups is 1. The zero-order valence-corrected chi connectivity index (χ0v) is 12.6. The molecule has 2 rings (SSSR count). The highest BCUT2D eigenvalue weighted by atomic mass is 19.1. The van der Waals surface area contributed by atoms with Crippen molar-refractivity contribution in [3.63, 3.8) is 0 Å². The SMILES string of the molecule is CC(C)(c1ccc(F)cc1)C(CCc1ccccc1)NN. The van der Waals surface area contributed by atoms with Gasteiger partial charge in [0.1, 0.15) is 5.82 Å². The predicted octanol–water partition coefficient (Wildman–Crippen LogP) is 3.57. The maximum Gasteiger partial charge on any atom is 0.123 e. The highest BCUT2D eigenvalue weighted by Crippen LogP contribution is 2.29. The van der Waals surface area contributed by atoms with Crippen LogP contribution in [0.1, 0.15) is 31.4 Å². The third kappa shape index (κ3) is 3.90. The summed E-state index contributed by atoms with van der Waals surface area (Å²) in [4.78, 5) is 0. The summed E-state index contributed by atoms with van der Waals surface area (Å²) in [5, 5.41) is 0. The third-order valence-electron chi connectivity index (χ3n) is 4.23. The molecule has 0 saturated heterocycles. The van der Waals surface area contributed by atoms with Crippen molar-refractivity contribution in [1.82, 2.24) is 5.43 Å². The molecule has 21 heavy (non-hydrogen) atoms. The molecule has 0 aliphatic rings. The fourth-order valence-corrected chi connectivity index (χ4v) is 2.69. The molecule has 0 aliphatic heterocycles. The zero-order chi connectivity index (χ0) is 15.3. The van der Waals surface area contributed by atoms with Crippen molar-refractivity contribution in [2.75, 3.05) is 0 Å². The lowest BCUT2D eigenvalue weighted by Crippen LogP contribution is -2.48. The smallest absolute Gasteiger partial charge is 0.123 e. The van der Waals surface area contributed by atoms with Crippen molar-refractivity contribution < 1.29 is 4.39 Å². The Labute approximate surface area is 126 Å². The quantitative estimate of drug-likeness (QED) is 0.629. The molecule has 0 heterocycles. The molecular formula is C18H23FN2. The lowest BCUT2D eigenvalue weighted by atomic mass is 9.76. The van der Waals surface area contributed by atoms with Crippen LogP contribution in [0.3, 0.4) is 0 Å². The largest absolute Gasteiger partial charge is 0.271 e. The van der Waals surface area contributed by atoms with Crippen molar-refractivity contribution in [3.05, 3.63) is 71.5 Å². The average molecular weight is 286 g/mol. The predicted molar refractivity (Wildman–Crippen MR) is 85.3 cm³/mol. The summed E-state index contributed by atoms with van der Waals surface area (Å²) in [5.41, 5.74) is 5.14. The normalized spacial score (nSPS) is 13.1. The van der Waals surface area contributed by atoms with E-state index in [0.29, 0.717) is 0 Å². The molecule has 1 atom stereocenters. The molecule has 0 fully saturated rings.